The Morgan fingerprint density at radius 2 is 1.93 bits per heavy atom. The summed E-state index contributed by atoms with van der Waals surface area (Å²) in [4.78, 5) is 28.2. The van der Waals surface area contributed by atoms with Gasteiger partial charge in [-0.25, -0.2) is 0 Å². The van der Waals surface area contributed by atoms with E-state index >= 15 is 0 Å². The number of nitrogens with zero attached hydrogens (tertiary/aromatic N) is 1. The van der Waals surface area contributed by atoms with Gasteiger partial charge in [0.2, 0.25) is 11.8 Å². The van der Waals surface area contributed by atoms with E-state index in [1.165, 1.54) is 0 Å². The lowest BCUT2D eigenvalue weighted by Gasteiger charge is -2.29. The largest absolute Gasteiger partial charge is 0.497 e. The molecule has 7 heteroatoms. The maximum Gasteiger partial charge on any atom is 0.242 e. The highest BCUT2D eigenvalue weighted by atomic mass is 35.5. The van der Waals surface area contributed by atoms with Gasteiger partial charge < -0.3 is 15.0 Å². The van der Waals surface area contributed by atoms with Crippen molar-refractivity contribution in [2.24, 2.45) is 0 Å². The van der Waals surface area contributed by atoms with Crippen LogP contribution in [0.25, 0.3) is 0 Å². The van der Waals surface area contributed by atoms with Crippen LogP contribution in [0.5, 0.6) is 5.75 Å². The molecule has 30 heavy (non-hydrogen) atoms. The second-order valence-corrected chi connectivity index (χ2v) is 8.45. The minimum atomic E-state index is -0.549. The first-order valence-corrected chi connectivity index (χ1v) is 11.4. The first-order valence-electron chi connectivity index (χ1n) is 10.0. The second-order valence-electron chi connectivity index (χ2n) is 6.85. The maximum absolute atomic E-state index is 13.0. The number of ether oxygens (including phenoxy) is 1. The summed E-state index contributed by atoms with van der Waals surface area (Å²) in [6, 6.07) is 14.7. The molecule has 0 heterocycles. The number of amides is 2. The van der Waals surface area contributed by atoms with E-state index in [0.717, 1.165) is 28.4 Å². The van der Waals surface area contributed by atoms with Crippen LogP contribution in [0, 0.1) is 0 Å². The van der Waals surface area contributed by atoms with E-state index in [4.69, 9.17) is 16.3 Å². The van der Waals surface area contributed by atoms with Gasteiger partial charge in [-0.15, -0.1) is 11.8 Å². The maximum atomic E-state index is 13.0. The molecule has 0 aromatic heterocycles. The van der Waals surface area contributed by atoms with Gasteiger partial charge in [0.05, 0.1) is 7.11 Å². The van der Waals surface area contributed by atoms with Gasteiger partial charge in [0.1, 0.15) is 11.8 Å². The summed E-state index contributed by atoms with van der Waals surface area (Å²) in [6.45, 7) is 4.53. The number of carbonyl (C=O) groups excluding carboxylic acids is 2. The molecule has 1 atom stereocenters. The molecule has 2 aromatic carbocycles. The van der Waals surface area contributed by atoms with Gasteiger partial charge in [-0.1, -0.05) is 23.7 Å². The van der Waals surface area contributed by atoms with Crippen LogP contribution < -0.4 is 10.1 Å². The number of benzene rings is 2. The zero-order chi connectivity index (χ0) is 21.9. The van der Waals surface area contributed by atoms with Crippen LogP contribution in [-0.4, -0.2) is 42.2 Å². The van der Waals surface area contributed by atoms with Crippen LogP contribution >= 0.6 is 23.4 Å². The Labute approximate surface area is 188 Å². The molecule has 1 unspecified atom stereocenters. The molecule has 0 saturated carbocycles. The van der Waals surface area contributed by atoms with Crippen LogP contribution in [0.15, 0.2) is 53.4 Å². The van der Waals surface area contributed by atoms with Crippen molar-refractivity contribution in [3.63, 3.8) is 0 Å². The number of hydrogen-bond donors (Lipinski definition) is 1. The number of thioether (sulfide) groups is 1. The summed E-state index contributed by atoms with van der Waals surface area (Å²) in [6.07, 6.45) is 1.11. The molecule has 0 aliphatic heterocycles. The van der Waals surface area contributed by atoms with Crippen LogP contribution in [-0.2, 0) is 16.1 Å². The molecule has 5 nitrogen and oxygen atoms in total. The molecule has 1 N–H and O–H groups in total. The normalized spacial score (nSPS) is 11.6. The van der Waals surface area contributed by atoms with E-state index in [-0.39, 0.29) is 11.8 Å². The van der Waals surface area contributed by atoms with Gasteiger partial charge in [0.25, 0.3) is 0 Å². The Balaban J connectivity index is 1.99. The predicted molar refractivity (Wildman–Crippen MR) is 123 cm³/mol. The third kappa shape index (κ3) is 7.58. The number of hydrogen-bond acceptors (Lipinski definition) is 4. The number of carbonyl (C=O) groups is 2. The molecule has 0 fully saturated rings. The second kappa shape index (κ2) is 12.5. The summed E-state index contributed by atoms with van der Waals surface area (Å²) in [5, 5.41) is 3.52. The summed E-state index contributed by atoms with van der Waals surface area (Å²) < 4.78 is 5.28. The van der Waals surface area contributed by atoms with Crippen molar-refractivity contribution in [2.75, 3.05) is 19.4 Å². The van der Waals surface area contributed by atoms with Crippen LogP contribution in [0.4, 0.5) is 0 Å². The number of likely N-dealkylation sites (N-methyl/N-ethyl adjacent to an activating group) is 1. The van der Waals surface area contributed by atoms with Gasteiger partial charge in [-0.2, -0.15) is 0 Å². The van der Waals surface area contributed by atoms with Crippen molar-refractivity contribution >= 4 is 35.2 Å². The first-order chi connectivity index (χ1) is 14.4. The quantitative estimate of drug-likeness (QED) is 0.397. The summed E-state index contributed by atoms with van der Waals surface area (Å²) in [5.74, 6) is 1.36. The standard InChI is InChI=1S/C23H29ClN2O3S/c1-4-25-23(28)17(2)26(16-18-7-5-8-20(15-18)29-3)22(27)9-6-14-30-21-12-10-19(24)11-13-21/h5,7-8,10-13,15,17H,4,6,9,14,16H2,1-3H3,(H,25,28). The van der Waals surface area contributed by atoms with Crippen LogP contribution in [0.2, 0.25) is 5.02 Å². The fourth-order valence-corrected chi connectivity index (χ4v) is 3.94. The lowest BCUT2D eigenvalue weighted by atomic mass is 10.1. The Morgan fingerprint density at radius 3 is 2.60 bits per heavy atom. The zero-order valence-corrected chi connectivity index (χ0v) is 19.3. The topological polar surface area (TPSA) is 58.6 Å². The van der Waals surface area contributed by atoms with E-state index in [2.05, 4.69) is 5.32 Å². The van der Waals surface area contributed by atoms with Crippen LogP contribution in [0.1, 0.15) is 32.3 Å². The molecule has 0 radical (unpaired) electrons. The van der Waals surface area contributed by atoms with Gasteiger partial charge in [0, 0.05) is 29.4 Å². The Bertz CT molecular complexity index is 829. The molecule has 0 aliphatic carbocycles. The fraction of sp³-hybridized carbons (Fsp3) is 0.391. The SMILES string of the molecule is CCNC(=O)C(C)N(Cc1cccc(OC)c1)C(=O)CCCSc1ccc(Cl)cc1. The number of rotatable bonds is 11. The number of methoxy groups -OCH3 is 1. The van der Waals surface area contributed by atoms with Gasteiger partial charge >= 0.3 is 0 Å². The molecular weight excluding hydrogens is 420 g/mol. The van der Waals surface area contributed by atoms with Gasteiger partial charge in [0.15, 0.2) is 0 Å². The molecule has 2 rings (SSSR count). The molecule has 0 bridgehead atoms. The smallest absolute Gasteiger partial charge is 0.242 e. The number of nitrogens with one attached hydrogen (secondary N) is 1. The molecule has 0 spiro atoms. The van der Waals surface area contributed by atoms with E-state index in [9.17, 15) is 9.59 Å². The zero-order valence-electron chi connectivity index (χ0n) is 17.7. The van der Waals surface area contributed by atoms with Crippen LogP contribution in [0.3, 0.4) is 0 Å². The minimum Gasteiger partial charge on any atom is -0.497 e. The predicted octanol–water partition coefficient (Wildman–Crippen LogP) is 4.77. The molecule has 0 aliphatic rings. The lowest BCUT2D eigenvalue weighted by Crippen LogP contribution is -2.47. The highest BCUT2D eigenvalue weighted by Crippen LogP contribution is 2.22. The molecular formula is C23H29ClN2O3S. The van der Waals surface area contributed by atoms with E-state index in [1.54, 1.807) is 30.7 Å². The highest BCUT2D eigenvalue weighted by Gasteiger charge is 2.25. The van der Waals surface area contributed by atoms with E-state index in [0.29, 0.717) is 24.5 Å². The minimum absolute atomic E-state index is 0.0340. The summed E-state index contributed by atoms with van der Waals surface area (Å²) >= 11 is 7.60. The summed E-state index contributed by atoms with van der Waals surface area (Å²) in [5.41, 5.74) is 0.925. The average Bonchev–Trinajstić information content (AvgIpc) is 2.76. The molecule has 0 saturated heterocycles. The van der Waals surface area contributed by atoms with Crippen molar-refractivity contribution < 1.29 is 14.3 Å². The lowest BCUT2D eigenvalue weighted by molar-refractivity contribution is -0.140. The Hall–Kier alpha value is -2.18. The molecule has 162 valence electrons. The average molecular weight is 449 g/mol. The van der Waals surface area contributed by atoms with Crippen molar-refractivity contribution in [3.05, 3.63) is 59.1 Å². The van der Waals surface area contributed by atoms with E-state index < -0.39 is 6.04 Å². The third-order valence-corrected chi connectivity index (χ3v) is 5.97. The van der Waals surface area contributed by atoms with Gasteiger partial charge in [-0.3, -0.25) is 9.59 Å². The highest BCUT2D eigenvalue weighted by molar-refractivity contribution is 7.99. The first kappa shape index (κ1) is 24.1. The Kier molecular flexibility index (Phi) is 10.0. The van der Waals surface area contributed by atoms with Crippen molar-refractivity contribution in [2.45, 2.75) is 44.2 Å². The molecule has 2 amide bonds. The van der Waals surface area contributed by atoms with E-state index in [1.807, 2.05) is 55.5 Å². The fourth-order valence-electron chi connectivity index (χ4n) is 2.96. The van der Waals surface area contributed by atoms with Crippen molar-refractivity contribution in [1.82, 2.24) is 10.2 Å². The monoisotopic (exact) mass is 448 g/mol. The van der Waals surface area contributed by atoms with Gasteiger partial charge in [-0.05, 0) is 68.0 Å². The Morgan fingerprint density at radius 1 is 1.20 bits per heavy atom. The summed E-state index contributed by atoms with van der Waals surface area (Å²) in [7, 11) is 1.61. The van der Waals surface area contributed by atoms with Crippen molar-refractivity contribution in [1.29, 1.82) is 0 Å². The molecule has 2 aromatic rings. The van der Waals surface area contributed by atoms with Crippen molar-refractivity contribution in [3.8, 4) is 5.75 Å². The third-order valence-electron chi connectivity index (χ3n) is 4.62. The number of halogens is 1.